The summed E-state index contributed by atoms with van der Waals surface area (Å²) in [4.78, 5) is 11.3. The van der Waals surface area contributed by atoms with Crippen LogP contribution in [0, 0.1) is 5.82 Å². The molecule has 0 spiro atoms. The number of rotatable bonds is 3. The molecular weight excluding hydrogens is 346 g/mol. The van der Waals surface area contributed by atoms with E-state index in [-0.39, 0.29) is 22.3 Å². The Morgan fingerprint density at radius 2 is 1.83 bits per heavy atom. The van der Waals surface area contributed by atoms with Crippen molar-refractivity contribution in [2.45, 2.75) is 6.54 Å². The molecule has 0 unspecified atom stereocenters. The summed E-state index contributed by atoms with van der Waals surface area (Å²) >= 11 is 14.6. The van der Waals surface area contributed by atoms with Crippen LogP contribution in [0.1, 0.15) is 5.56 Å². The molecule has 0 atom stereocenters. The van der Waals surface area contributed by atoms with Crippen molar-refractivity contribution >= 4 is 45.1 Å². The van der Waals surface area contributed by atoms with Crippen molar-refractivity contribution in [1.82, 2.24) is 15.0 Å². The lowest BCUT2D eigenvalue weighted by atomic mass is 10.2. The SMILES string of the molecule is Fc1ccc(Br)c(CNc2nc(Cl)nc(Cl)n2)c1. The van der Waals surface area contributed by atoms with Gasteiger partial charge in [0.25, 0.3) is 0 Å². The first kappa shape index (κ1) is 13.5. The van der Waals surface area contributed by atoms with Crippen molar-refractivity contribution in [3.8, 4) is 0 Å². The first-order chi connectivity index (χ1) is 8.54. The maximum absolute atomic E-state index is 13.1. The highest BCUT2D eigenvalue weighted by Crippen LogP contribution is 2.19. The molecule has 1 aromatic heterocycles. The summed E-state index contributed by atoms with van der Waals surface area (Å²) in [7, 11) is 0. The summed E-state index contributed by atoms with van der Waals surface area (Å²) in [6, 6.07) is 4.39. The second-order valence-electron chi connectivity index (χ2n) is 3.29. The molecule has 94 valence electrons. The first-order valence-electron chi connectivity index (χ1n) is 4.79. The smallest absolute Gasteiger partial charge is 0.228 e. The molecule has 8 heteroatoms. The molecule has 18 heavy (non-hydrogen) atoms. The Hall–Kier alpha value is -0.980. The molecule has 0 aliphatic rings. The van der Waals surface area contributed by atoms with Crippen molar-refractivity contribution in [2.24, 2.45) is 0 Å². The second-order valence-corrected chi connectivity index (χ2v) is 4.82. The Kier molecular flexibility index (Phi) is 4.31. The minimum atomic E-state index is -0.318. The van der Waals surface area contributed by atoms with Gasteiger partial charge in [0.05, 0.1) is 0 Å². The van der Waals surface area contributed by atoms with Crippen LogP contribution in [0.3, 0.4) is 0 Å². The van der Waals surface area contributed by atoms with Gasteiger partial charge in [-0.1, -0.05) is 15.9 Å². The fourth-order valence-electron chi connectivity index (χ4n) is 1.26. The molecule has 4 nitrogen and oxygen atoms in total. The molecule has 1 aromatic carbocycles. The minimum absolute atomic E-state index is 0.00388. The summed E-state index contributed by atoms with van der Waals surface area (Å²) in [6.07, 6.45) is 0. The van der Waals surface area contributed by atoms with E-state index in [0.717, 1.165) is 10.0 Å². The Morgan fingerprint density at radius 3 is 2.50 bits per heavy atom. The molecule has 1 heterocycles. The summed E-state index contributed by atoms with van der Waals surface area (Å²) < 4.78 is 13.8. The Balaban J connectivity index is 2.13. The summed E-state index contributed by atoms with van der Waals surface area (Å²) in [5.74, 6) is -0.0853. The minimum Gasteiger partial charge on any atom is -0.350 e. The third-order valence-electron chi connectivity index (χ3n) is 2.03. The summed E-state index contributed by atoms with van der Waals surface area (Å²) in [6.45, 7) is 0.328. The van der Waals surface area contributed by atoms with E-state index in [4.69, 9.17) is 23.2 Å². The fraction of sp³-hybridized carbons (Fsp3) is 0.100. The van der Waals surface area contributed by atoms with Gasteiger partial charge in [-0.05, 0) is 47.0 Å². The average molecular weight is 352 g/mol. The van der Waals surface area contributed by atoms with Gasteiger partial charge in [-0.2, -0.15) is 15.0 Å². The molecular formula is C10H6BrCl2FN4. The zero-order valence-electron chi connectivity index (χ0n) is 8.79. The van der Waals surface area contributed by atoms with Crippen LogP contribution in [0.2, 0.25) is 10.6 Å². The van der Waals surface area contributed by atoms with Gasteiger partial charge in [0, 0.05) is 11.0 Å². The van der Waals surface area contributed by atoms with Crippen LogP contribution in [-0.2, 0) is 6.54 Å². The van der Waals surface area contributed by atoms with Crippen molar-refractivity contribution in [1.29, 1.82) is 0 Å². The normalized spacial score (nSPS) is 10.4. The highest BCUT2D eigenvalue weighted by Gasteiger charge is 2.05. The lowest BCUT2D eigenvalue weighted by Gasteiger charge is -2.07. The maximum atomic E-state index is 13.1. The van der Waals surface area contributed by atoms with E-state index in [9.17, 15) is 4.39 Å². The van der Waals surface area contributed by atoms with E-state index in [1.165, 1.54) is 12.1 Å². The molecule has 0 radical (unpaired) electrons. The Morgan fingerprint density at radius 1 is 1.17 bits per heavy atom. The number of aromatic nitrogens is 3. The van der Waals surface area contributed by atoms with Gasteiger partial charge in [0.2, 0.25) is 16.5 Å². The highest BCUT2D eigenvalue weighted by atomic mass is 79.9. The van der Waals surface area contributed by atoms with Gasteiger partial charge in [-0.3, -0.25) is 0 Å². The van der Waals surface area contributed by atoms with E-state index in [1.807, 2.05) is 0 Å². The first-order valence-corrected chi connectivity index (χ1v) is 6.34. The van der Waals surface area contributed by atoms with Gasteiger partial charge in [0.1, 0.15) is 5.82 Å². The molecule has 0 saturated carbocycles. The largest absolute Gasteiger partial charge is 0.350 e. The standard InChI is InChI=1S/C10H6BrCl2FN4/c11-7-2-1-6(14)3-5(7)4-15-10-17-8(12)16-9(13)18-10/h1-3H,4H2,(H,15,16,17,18). The van der Waals surface area contributed by atoms with E-state index in [0.29, 0.717) is 6.54 Å². The molecule has 2 rings (SSSR count). The molecule has 0 fully saturated rings. The predicted molar refractivity (Wildman–Crippen MR) is 71.3 cm³/mol. The Bertz CT molecular complexity index is 562. The molecule has 1 N–H and O–H groups in total. The van der Waals surface area contributed by atoms with Crippen LogP contribution in [-0.4, -0.2) is 15.0 Å². The maximum Gasteiger partial charge on any atom is 0.228 e. The van der Waals surface area contributed by atoms with Crippen LogP contribution in [0.4, 0.5) is 10.3 Å². The van der Waals surface area contributed by atoms with Gasteiger partial charge in [-0.25, -0.2) is 4.39 Å². The number of anilines is 1. The lowest BCUT2D eigenvalue weighted by Crippen LogP contribution is -2.05. The van der Waals surface area contributed by atoms with Crippen LogP contribution < -0.4 is 5.32 Å². The van der Waals surface area contributed by atoms with Crippen LogP contribution in [0.15, 0.2) is 22.7 Å². The van der Waals surface area contributed by atoms with Gasteiger partial charge in [-0.15, -0.1) is 0 Å². The van der Waals surface area contributed by atoms with Crippen LogP contribution in [0.5, 0.6) is 0 Å². The highest BCUT2D eigenvalue weighted by molar-refractivity contribution is 9.10. The number of hydrogen-bond acceptors (Lipinski definition) is 4. The van der Waals surface area contributed by atoms with E-state index in [2.05, 4.69) is 36.2 Å². The molecule has 2 aromatic rings. The number of benzene rings is 1. The topological polar surface area (TPSA) is 50.7 Å². The fourth-order valence-corrected chi connectivity index (χ4v) is 2.01. The van der Waals surface area contributed by atoms with Crippen molar-refractivity contribution in [3.63, 3.8) is 0 Å². The molecule has 0 aliphatic heterocycles. The molecule has 0 saturated heterocycles. The molecule has 0 amide bonds. The van der Waals surface area contributed by atoms with Gasteiger partial charge >= 0.3 is 0 Å². The summed E-state index contributed by atoms with van der Waals surface area (Å²) in [5, 5.41) is 2.88. The molecule has 0 aliphatic carbocycles. The zero-order chi connectivity index (χ0) is 13.1. The number of nitrogens with one attached hydrogen (secondary N) is 1. The van der Waals surface area contributed by atoms with E-state index >= 15 is 0 Å². The molecule has 0 bridgehead atoms. The summed E-state index contributed by atoms with van der Waals surface area (Å²) in [5.41, 5.74) is 0.725. The third kappa shape index (κ3) is 3.51. The van der Waals surface area contributed by atoms with Gasteiger partial charge < -0.3 is 5.32 Å². The van der Waals surface area contributed by atoms with Crippen molar-refractivity contribution in [3.05, 3.63) is 44.6 Å². The monoisotopic (exact) mass is 350 g/mol. The average Bonchev–Trinajstić information content (AvgIpc) is 2.29. The second kappa shape index (κ2) is 5.77. The van der Waals surface area contributed by atoms with Crippen LogP contribution in [0.25, 0.3) is 0 Å². The Labute approximate surface area is 121 Å². The zero-order valence-corrected chi connectivity index (χ0v) is 11.9. The lowest BCUT2D eigenvalue weighted by molar-refractivity contribution is 0.625. The van der Waals surface area contributed by atoms with E-state index in [1.54, 1.807) is 6.07 Å². The van der Waals surface area contributed by atoms with E-state index < -0.39 is 0 Å². The predicted octanol–water partition coefficient (Wildman–Crippen LogP) is 3.69. The van der Waals surface area contributed by atoms with Crippen LogP contribution >= 0.6 is 39.1 Å². The van der Waals surface area contributed by atoms with Crippen molar-refractivity contribution in [2.75, 3.05) is 5.32 Å². The third-order valence-corrected chi connectivity index (χ3v) is 3.14. The number of hydrogen-bond donors (Lipinski definition) is 1. The number of nitrogens with zero attached hydrogens (tertiary/aromatic N) is 3. The quantitative estimate of drug-likeness (QED) is 0.916. The van der Waals surface area contributed by atoms with Gasteiger partial charge in [0.15, 0.2) is 0 Å². The van der Waals surface area contributed by atoms with Crippen molar-refractivity contribution < 1.29 is 4.39 Å². The number of halogens is 4.